The average Bonchev–Trinajstić information content (AvgIpc) is 2.25. The fraction of sp³-hybridized carbons (Fsp3) is 1.00. The lowest BCUT2D eigenvalue weighted by Gasteiger charge is -2.41. The summed E-state index contributed by atoms with van der Waals surface area (Å²) in [5, 5.41) is 2.73. The van der Waals surface area contributed by atoms with Gasteiger partial charge >= 0.3 is 0 Å². The van der Waals surface area contributed by atoms with Crippen molar-refractivity contribution >= 4 is 27.7 Å². The average molecular weight is 308 g/mol. The molecule has 1 fully saturated rings. The lowest BCUT2D eigenvalue weighted by atomic mass is 9.84. The van der Waals surface area contributed by atoms with Crippen LogP contribution in [0.5, 0.6) is 0 Å². The van der Waals surface area contributed by atoms with Crippen LogP contribution in [0.4, 0.5) is 0 Å². The van der Waals surface area contributed by atoms with Gasteiger partial charge in [0.2, 0.25) is 0 Å². The number of hydrogen-bond donors (Lipinski definition) is 0. The molecule has 0 radical (unpaired) electrons. The van der Waals surface area contributed by atoms with Gasteiger partial charge in [0.05, 0.1) is 0 Å². The Morgan fingerprint density at radius 2 is 1.69 bits per heavy atom. The van der Waals surface area contributed by atoms with Gasteiger partial charge in [-0.15, -0.1) is 0 Å². The van der Waals surface area contributed by atoms with E-state index >= 15 is 0 Å². The van der Waals surface area contributed by atoms with Crippen LogP contribution in [0.15, 0.2) is 0 Å². The minimum Gasteiger partial charge on any atom is -0.301 e. The number of hydrogen-bond acceptors (Lipinski definition) is 2. The quantitative estimate of drug-likeness (QED) is 0.706. The summed E-state index contributed by atoms with van der Waals surface area (Å²) in [5.74, 6) is 0. The molecule has 3 heteroatoms. The zero-order chi connectivity index (χ0) is 12.2. The van der Waals surface area contributed by atoms with E-state index in [1.807, 2.05) is 0 Å². The normalized spacial score (nSPS) is 28.3. The van der Waals surface area contributed by atoms with Gasteiger partial charge in [-0.25, -0.2) is 0 Å². The summed E-state index contributed by atoms with van der Waals surface area (Å²) in [6.07, 6.45) is 2.56. The molecule has 1 nitrogen and oxygen atoms in total. The Hall–Kier alpha value is 0.790. The van der Waals surface area contributed by atoms with Crippen LogP contribution in [0, 0.1) is 5.41 Å². The standard InChI is InChI=1S/C13H26BrNS/c1-5-13(6-2,9-14)10-15-7-11(3)16-12(4)8-15/h11-12H,5-10H2,1-4H3. The van der Waals surface area contributed by atoms with E-state index in [1.165, 1.54) is 32.5 Å². The monoisotopic (exact) mass is 307 g/mol. The number of nitrogens with zero attached hydrogens (tertiary/aromatic N) is 1. The molecule has 0 aromatic carbocycles. The maximum absolute atomic E-state index is 3.72. The van der Waals surface area contributed by atoms with Gasteiger partial charge in [0.25, 0.3) is 0 Å². The molecule has 2 unspecified atom stereocenters. The van der Waals surface area contributed by atoms with Crippen molar-refractivity contribution in [3.8, 4) is 0 Å². The first kappa shape index (κ1) is 14.8. The summed E-state index contributed by atoms with van der Waals surface area (Å²) in [7, 11) is 0. The summed E-state index contributed by atoms with van der Waals surface area (Å²) < 4.78 is 0. The van der Waals surface area contributed by atoms with E-state index in [1.54, 1.807) is 0 Å². The van der Waals surface area contributed by atoms with Crippen molar-refractivity contribution in [3.63, 3.8) is 0 Å². The Morgan fingerprint density at radius 1 is 1.19 bits per heavy atom. The molecule has 0 N–H and O–H groups in total. The third-order valence-electron chi connectivity index (χ3n) is 3.84. The van der Waals surface area contributed by atoms with Crippen molar-refractivity contribution in [2.45, 2.75) is 51.0 Å². The molecule has 0 aromatic heterocycles. The molecule has 0 aliphatic carbocycles. The molecule has 96 valence electrons. The first-order chi connectivity index (χ1) is 7.55. The molecule has 1 heterocycles. The molecule has 0 amide bonds. The lowest BCUT2D eigenvalue weighted by Crippen LogP contribution is -2.46. The second kappa shape index (κ2) is 6.65. The maximum Gasteiger partial charge on any atom is 0.0149 e. The van der Waals surface area contributed by atoms with Gasteiger partial charge in [0, 0.05) is 35.5 Å². The van der Waals surface area contributed by atoms with E-state index in [-0.39, 0.29) is 0 Å². The van der Waals surface area contributed by atoms with Gasteiger partial charge in [-0.2, -0.15) is 11.8 Å². The Labute approximate surface area is 114 Å². The molecule has 1 aliphatic heterocycles. The Morgan fingerprint density at radius 3 is 2.06 bits per heavy atom. The third-order valence-corrected chi connectivity index (χ3v) is 6.25. The first-order valence-electron chi connectivity index (χ1n) is 6.49. The Kier molecular flexibility index (Phi) is 6.17. The second-order valence-electron chi connectivity index (χ2n) is 5.29. The van der Waals surface area contributed by atoms with Crippen LogP contribution in [0.3, 0.4) is 0 Å². The number of thioether (sulfide) groups is 1. The van der Waals surface area contributed by atoms with Crippen molar-refractivity contribution in [1.82, 2.24) is 4.90 Å². The Bertz CT molecular complexity index is 188. The molecule has 0 aromatic rings. The highest BCUT2D eigenvalue weighted by Gasteiger charge is 2.31. The highest BCUT2D eigenvalue weighted by molar-refractivity contribution is 9.09. The van der Waals surface area contributed by atoms with Crippen LogP contribution in [0.2, 0.25) is 0 Å². The van der Waals surface area contributed by atoms with E-state index in [2.05, 4.69) is 60.3 Å². The number of alkyl halides is 1. The van der Waals surface area contributed by atoms with E-state index in [0.717, 1.165) is 15.8 Å². The summed E-state index contributed by atoms with van der Waals surface area (Å²) in [5.41, 5.74) is 0.488. The minimum atomic E-state index is 0.488. The topological polar surface area (TPSA) is 3.24 Å². The molecule has 2 atom stereocenters. The highest BCUT2D eigenvalue weighted by atomic mass is 79.9. The summed E-state index contributed by atoms with van der Waals surface area (Å²) in [6, 6.07) is 0. The third kappa shape index (κ3) is 3.92. The van der Waals surface area contributed by atoms with Gasteiger partial charge in [0.1, 0.15) is 0 Å². The smallest absolute Gasteiger partial charge is 0.0149 e. The fourth-order valence-corrected chi connectivity index (χ4v) is 4.95. The fourth-order valence-electron chi connectivity index (χ4n) is 2.59. The number of rotatable bonds is 5. The summed E-state index contributed by atoms with van der Waals surface area (Å²) in [6.45, 7) is 13.2. The molecule has 0 saturated carbocycles. The van der Waals surface area contributed by atoms with E-state index in [0.29, 0.717) is 5.41 Å². The van der Waals surface area contributed by atoms with Crippen LogP contribution >= 0.6 is 27.7 Å². The second-order valence-corrected chi connectivity index (χ2v) is 7.73. The molecule has 1 saturated heterocycles. The van der Waals surface area contributed by atoms with E-state index in [4.69, 9.17) is 0 Å². The Balaban J connectivity index is 2.57. The predicted molar refractivity (Wildman–Crippen MR) is 79.8 cm³/mol. The van der Waals surface area contributed by atoms with Crippen LogP contribution in [0.1, 0.15) is 40.5 Å². The minimum absolute atomic E-state index is 0.488. The zero-order valence-corrected chi connectivity index (χ0v) is 13.5. The van der Waals surface area contributed by atoms with Crippen molar-refractivity contribution in [3.05, 3.63) is 0 Å². The molecule has 1 rings (SSSR count). The highest BCUT2D eigenvalue weighted by Crippen LogP contribution is 2.33. The van der Waals surface area contributed by atoms with Crippen LogP contribution in [-0.4, -0.2) is 40.4 Å². The number of halogens is 1. The zero-order valence-electron chi connectivity index (χ0n) is 11.1. The first-order valence-corrected chi connectivity index (χ1v) is 8.55. The maximum atomic E-state index is 3.72. The summed E-state index contributed by atoms with van der Waals surface area (Å²) >= 11 is 5.86. The van der Waals surface area contributed by atoms with Crippen LogP contribution in [-0.2, 0) is 0 Å². The van der Waals surface area contributed by atoms with Crippen molar-refractivity contribution in [1.29, 1.82) is 0 Å². The van der Waals surface area contributed by atoms with E-state index < -0.39 is 0 Å². The van der Waals surface area contributed by atoms with Crippen molar-refractivity contribution in [2.24, 2.45) is 5.41 Å². The van der Waals surface area contributed by atoms with Gasteiger partial charge in [-0.1, -0.05) is 43.6 Å². The van der Waals surface area contributed by atoms with Gasteiger partial charge in [0.15, 0.2) is 0 Å². The predicted octanol–water partition coefficient (Wildman–Crippen LogP) is 4.01. The molecule has 0 bridgehead atoms. The van der Waals surface area contributed by atoms with Crippen molar-refractivity contribution < 1.29 is 0 Å². The van der Waals surface area contributed by atoms with Crippen LogP contribution in [0.25, 0.3) is 0 Å². The van der Waals surface area contributed by atoms with Gasteiger partial charge < -0.3 is 4.90 Å². The SMILES string of the molecule is CCC(CC)(CBr)CN1CC(C)SC(C)C1. The largest absolute Gasteiger partial charge is 0.301 e. The van der Waals surface area contributed by atoms with Crippen LogP contribution < -0.4 is 0 Å². The lowest BCUT2D eigenvalue weighted by molar-refractivity contribution is 0.157. The van der Waals surface area contributed by atoms with Gasteiger partial charge in [-0.05, 0) is 18.3 Å². The van der Waals surface area contributed by atoms with Crippen molar-refractivity contribution in [2.75, 3.05) is 25.0 Å². The molecule has 1 aliphatic rings. The molecule has 16 heavy (non-hydrogen) atoms. The summed E-state index contributed by atoms with van der Waals surface area (Å²) in [4.78, 5) is 2.68. The molecular formula is C13H26BrNS. The molecular weight excluding hydrogens is 282 g/mol. The van der Waals surface area contributed by atoms with E-state index in [9.17, 15) is 0 Å². The van der Waals surface area contributed by atoms with Gasteiger partial charge in [-0.3, -0.25) is 0 Å². The molecule has 0 spiro atoms.